The lowest BCUT2D eigenvalue weighted by atomic mass is 9.81. The Hall–Kier alpha value is -0.880. The van der Waals surface area contributed by atoms with E-state index < -0.39 is 5.54 Å². The fourth-order valence-electron chi connectivity index (χ4n) is 2.10. The van der Waals surface area contributed by atoms with Gasteiger partial charge in [-0.25, -0.2) is 4.99 Å². The van der Waals surface area contributed by atoms with Gasteiger partial charge < -0.3 is 5.73 Å². The van der Waals surface area contributed by atoms with Crippen LogP contribution in [-0.2, 0) is 10.3 Å². The van der Waals surface area contributed by atoms with Crippen LogP contribution in [0.3, 0.4) is 0 Å². The minimum atomic E-state index is -0.523. The van der Waals surface area contributed by atoms with Gasteiger partial charge >= 0.3 is 0 Å². The number of nitrogens with zero attached hydrogens (tertiary/aromatic N) is 2. The minimum absolute atomic E-state index is 0.0146. The molecule has 1 aromatic rings. The normalized spacial score (nSPS) is 24.6. The zero-order valence-electron chi connectivity index (χ0n) is 10.6. The van der Waals surface area contributed by atoms with Gasteiger partial charge in [-0.2, -0.15) is 0 Å². The van der Waals surface area contributed by atoms with Gasteiger partial charge in [0, 0.05) is 21.8 Å². The van der Waals surface area contributed by atoms with E-state index in [-0.39, 0.29) is 11.8 Å². The Bertz CT molecular complexity index is 511. The van der Waals surface area contributed by atoms with Crippen LogP contribution in [0.2, 0.25) is 0 Å². The Morgan fingerprint density at radius 2 is 2.28 bits per heavy atom. The van der Waals surface area contributed by atoms with Crippen molar-refractivity contribution in [1.82, 2.24) is 4.90 Å². The molecule has 1 aromatic heterocycles. The second kappa shape index (κ2) is 4.66. The van der Waals surface area contributed by atoms with Crippen LogP contribution < -0.4 is 5.73 Å². The molecule has 2 heterocycles. The van der Waals surface area contributed by atoms with Gasteiger partial charge in [-0.3, -0.25) is 9.69 Å². The number of nitrogens with two attached hydrogens (primary N) is 1. The fourth-order valence-corrected chi connectivity index (χ4v) is 3.82. The molecule has 2 N–H and O–H groups in total. The van der Waals surface area contributed by atoms with Gasteiger partial charge in [-0.15, -0.1) is 11.3 Å². The van der Waals surface area contributed by atoms with Crippen LogP contribution >= 0.6 is 27.3 Å². The Balaban J connectivity index is 2.56. The van der Waals surface area contributed by atoms with Crippen LogP contribution in [0.5, 0.6) is 0 Å². The summed E-state index contributed by atoms with van der Waals surface area (Å²) in [5.74, 6) is 0.518. The highest BCUT2D eigenvalue weighted by atomic mass is 79.9. The Labute approximate surface area is 119 Å². The summed E-state index contributed by atoms with van der Waals surface area (Å²) < 4.78 is 1.02. The van der Waals surface area contributed by atoms with Crippen molar-refractivity contribution in [3.63, 3.8) is 0 Å². The molecule has 0 radical (unpaired) electrons. The molecule has 0 saturated heterocycles. The number of hydrogen-bond donors (Lipinski definition) is 1. The number of rotatable bonds is 2. The second-order valence-electron chi connectivity index (χ2n) is 4.81. The monoisotopic (exact) mass is 329 g/mol. The molecule has 18 heavy (non-hydrogen) atoms. The smallest absolute Gasteiger partial charge is 0.231 e. The molecule has 0 aliphatic carbocycles. The second-order valence-corrected chi connectivity index (χ2v) is 6.63. The number of carbonyl (C=O) groups excluding carboxylic acids is 1. The summed E-state index contributed by atoms with van der Waals surface area (Å²) in [4.78, 5) is 19.2. The van der Waals surface area contributed by atoms with Crippen molar-refractivity contribution < 1.29 is 4.79 Å². The molecule has 0 spiro atoms. The number of aliphatic imine (C=N–C) groups is 1. The van der Waals surface area contributed by atoms with Gasteiger partial charge in [0.15, 0.2) is 5.96 Å². The van der Waals surface area contributed by atoms with E-state index in [9.17, 15) is 4.79 Å². The van der Waals surface area contributed by atoms with Gasteiger partial charge in [0.2, 0.25) is 5.91 Å². The molecule has 4 nitrogen and oxygen atoms in total. The largest absolute Gasteiger partial charge is 0.369 e. The highest BCUT2D eigenvalue weighted by Crippen LogP contribution is 2.43. The van der Waals surface area contributed by atoms with Crippen molar-refractivity contribution >= 4 is 39.1 Å². The van der Waals surface area contributed by atoms with Gasteiger partial charge in [0.25, 0.3) is 0 Å². The first-order chi connectivity index (χ1) is 8.36. The molecule has 6 heteroatoms. The first kappa shape index (κ1) is 13.5. The maximum atomic E-state index is 12.1. The SMILES string of the molecule is CC(C)C1(c2cc(Br)cs2)CC(=O)N(C)C(N)=N1. The van der Waals surface area contributed by atoms with Gasteiger partial charge in [0.05, 0.1) is 6.42 Å². The lowest BCUT2D eigenvalue weighted by molar-refractivity contribution is -0.129. The van der Waals surface area contributed by atoms with Crippen LogP contribution in [0.15, 0.2) is 20.9 Å². The first-order valence-corrected chi connectivity index (χ1v) is 7.40. The van der Waals surface area contributed by atoms with Gasteiger partial charge in [-0.1, -0.05) is 13.8 Å². The summed E-state index contributed by atoms with van der Waals surface area (Å²) in [6.07, 6.45) is 0.370. The van der Waals surface area contributed by atoms with E-state index in [4.69, 9.17) is 5.73 Å². The van der Waals surface area contributed by atoms with Crippen LogP contribution in [0.25, 0.3) is 0 Å². The third-order valence-corrected chi connectivity index (χ3v) is 5.26. The maximum absolute atomic E-state index is 12.1. The number of thiophene rings is 1. The standard InChI is InChI=1S/C12H16BrN3OS/c1-7(2)12(9-4-8(13)6-18-9)5-10(17)16(3)11(14)15-12/h4,6-7H,5H2,1-3H3,(H2,14,15). The van der Waals surface area contributed by atoms with E-state index in [1.807, 2.05) is 11.4 Å². The number of guanidine groups is 1. The molecule has 1 aliphatic rings. The summed E-state index contributed by atoms with van der Waals surface area (Å²) in [7, 11) is 1.66. The molecule has 0 bridgehead atoms. The molecule has 0 aromatic carbocycles. The van der Waals surface area contributed by atoms with E-state index >= 15 is 0 Å². The summed E-state index contributed by atoms with van der Waals surface area (Å²) in [5, 5.41) is 2.01. The van der Waals surface area contributed by atoms with Crippen LogP contribution in [-0.4, -0.2) is 23.8 Å². The molecule has 0 fully saturated rings. The molecule has 1 unspecified atom stereocenters. The number of amides is 1. The van der Waals surface area contributed by atoms with E-state index in [0.717, 1.165) is 9.35 Å². The predicted molar refractivity (Wildman–Crippen MR) is 77.5 cm³/mol. The highest BCUT2D eigenvalue weighted by Gasteiger charge is 2.43. The lowest BCUT2D eigenvalue weighted by Gasteiger charge is -2.38. The zero-order chi connectivity index (χ0) is 13.5. The van der Waals surface area contributed by atoms with Crippen molar-refractivity contribution in [3.05, 3.63) is 20.8 Å². The van der Waals surface area contributed by atoms with Crippen LogP contribution in [0.1, 0.15) is 25.1 Å². The van der Waals surface area contributed by atoms with Crippen molar-refractivity contribution in [2.75, 3.05) is 7.05 Å². The Morgan fingerprint density at radius 3 is 2.72 bits per heavy atom. The predicted octanol–water partition coefficient (Wildman–Crippen LogP) is 2.54. The first-order valence-electron chi connectivity index (χ1n) is 5.73. The summed E-state index contributed by atoms with van der Waals surface area (Å²) in [5.41, 5.74) is 5.35. The topological polar surface area (TPSA) is 58.7 Å². The van der Waals surface area contributed by atoms with E-state index in [1.165, 1.54) is 4.90 Å². The Kier molecular flexibility index (Phi) is 3.51. The summed E-state index contributed by atoms with van der Waals surface area (Å²) >= 11 is 5.06. The maximum Gasteiger partial charge on any atom is 0.231 e. The van der Waals surface area contributed by atoms with E-state index in [2.05, 4.69) is 34.8 Å². The number of halogens is 1. The van der Waals surface area contributed by atoms with Crippen molar-refractivity contribution in [2.24, 2.45) is 16.6 Å². The average Bonchev–Trinajstić information content (AvgIpc) is 2.72. The third kappa shape index (κ3) is 2.07. The van der Waals surface area contributed by atoms with E-state index in [1.54, 1.807) is 18.4 Å². The number of carbonyl (C=O) groups is 1. The summed E-state index contributed by atoms with van der Waals surface area (Å²) in [6.45, 7) is 4.14. The van der Waals surface area contributed by atoms with Crippen LogP contribution in [0, 0.1) is 5.92 Å². The molecule has 0 saturated carbocycles. The van der Waals surface area contributed by atoms with Crippen molar-refractivity contribution in [1.29, 1.82) is 0 Å². The average molecular weight is 330 g/mol. The zero-order valence-corrected chi connectivity index (χ0v) is 13.0. The molecule has 2 rings (SSSR count). The van der Waals surface area contributed by atoms with Crippen LogP contribution in [0.4, 0.5) is 0 Å². The molecular weight excluding hydrogens is 314 g/mol. The van der Waals surface area contributed by atoms with E-state index in [0.29, 0.717) is 12.4 Å². The quantitative estimate of drug-likeness (QED) is 0.906. The molecule has 1 amide bonds. The molecule has 1 atom stereocenters. The fraction of sp³-hybridized carbons (Fsp3) is 0.500. The third-order valence-electron chi connectivity index (χ3n) is 3.40. The van der Waals surface area contributed by atoms with Crippen molar-refractivity contribution in [3.8, 4) is 0 Å². The van der Waals surface area contributed by atoms with Gasteiger partial charge in [0.1, 0.15) is 5.54 Å². The highest BCUT2D eigenvalue weighted by molar-refractivity contribution is 9.10. The molecule has 1 aliphatic heterocycles. The number of hydrogen-bond acceptors (Lipinski definition) is 4. The molecular formula is C12H16BrN3OS. The minimum Gasteiger partial charge on any atom is -0.369 e. The lowest BCUT2D eigenvalue weighted by Crippen LogP contribution is -2.50. The summed E-state index contributed by atoms with van der Waals surface area (Å²) in [6, 6.07) is 2.03. The van der Waals surface area contributed by atoms with Crippen molar-refractivity contribution in [2.45, 2.75) is 25.8 Å². The Morgan fingerprint density at radius 1 is 1.61 bits per heavy atom. The van der Waals surface area contributed by atoms with Gasteiger partial charge in [-0.05, 0) is 27.9 Å². The molecule has 98 valence electrons.